The Morgan fingerprint density at radius 1 is 1.00 bits per heavy atom. The van der Waals surface area contributed by atoms with Gasteiger partial charge in [-0.2, -0.15) is 0 Å². The lowest BCUT2D eigenvalue weighted by molar-refractivity contribution is -0.163. The van der Waals surface area contributed by atoms with Crippen LogP contribution < -0.4 is 0 Å². The molecule has 3 saturated carbocycles. The van der Waals surface area contributed by atoms with E-state index in [0.29, 0.717) is 17.6 Å². The zero-order valence-electron chi connectivity index (χ0n) is 13.1. The molecule has 3 aliphatic carbocycles. The van der Waals surface area contributed by atoms with Gasteiger partial charge in [0.05, 0.1) is 12.2 Å². The smallest absolute Gasteiger partial charge is 0.0656 e. The Bertz CT molecular complexity index is 309. The zero-order valence-corrected chi connectivity index (χ0v) is 14.7. The van der Waals surface area contributed by atoms with E-state index in [1.54, 1.807) is 0 Å². The molecule has 0 amide bonds. The fourth-order valence-corrected chi connectivity index (χ4v) is 6.03. The first-order chi connectivity index (χ1) is 9.76. The number of rotatable bonds is 3. The van der Waals surface area contributed by atoms with Gasteiger partial charge in [-0.05, 0) is 38.0 Å². The number of halogens is 1. The molecule has 0 bridgehead atoms. The number of ether oxygens (including phenoxy) is 1. The summed E-state index contributed by atoms with van der Waals surface area (Å²) in [5.74, 6) is 0.834. The van der Waals surface area contributed by atoms with Gasteiger partial charge in [0.1, 0.15) is 0 Å². The fraction of sp³-hybridized carbons (Fsp3) is 1.00. The van der Waals surface area contributed by atoms with E-state index in [1.165, 1.54) is 77.0 Å². The summed E-state index contributed by atoms with van der Waals surface area (Å²) in [5.41, 5.74) is 0.492. The van der Waals surface area contributed by atoms with Crippen molar-refractivity contribution in [2.24, 2.45) is 11.3 Å². The molecular weight excluding hydrogens is 312 g/mol. The highest BCUT2D eigenvalue weighted by molar-refractivity contribution is 9.09. The van der Waals surface area contributed by atoms with Gasteiger partial charge in [0.15, 0.2) is 0 Å². The summed E-state index contributed by atoms with van der Waals surface area (Å²) in [6.45, 7) is 2.35. The van der Waals surface area contributed by atoms with Crippen molar-refractivity contribution in [1.82, 2.24) is 0 Å². The summed E-state index contributed by atoms with van der Waals surface area (Å²) in [6, 6.07) is 0. The molecule has 4 unspecified atom stereocenters. The fourth-order valence-electron chi connectivity index (χ4n) is 4.94. The first-order valence-corrected chi connectivity index (χ1v) is 9.97. The summed E-state index contributed by atoms with van der Waals surface area (Å²) < 4.78 is 6.72. The van der Waals surface area contributed by atoms with Crippen molar-refractivity contribution >= 4 is 15.9 Å². The van der Waals surface area contributed by atoms with E-state index < -0.39 is 0 Å². The minimum absolute atomic E-state index is 0.492. The largest absolute Gasteiger partial charge is 0.374 e. The molecule has 0 aliphatic heterocycles. The van der Waals surface area contributed by atoms with Gasteiger partial charge in [-0.1, -0.05) is 67.8 Å². The Kier molecular flexibility index (Phi) is 5.13. The molecule has 3 fully saturated rings. The quantitative estimate of drug-likeness (QED) is 0.584. The van der Waals surface area contributed by atoms with Crippen LogP contribution in [0.25, 0.3) is 0 Å². The Morgan fingerprint density at radius 3 is 2.35 bits per heavy atom. The van der Waals surface area contributed by atoms with Crippen LogP contribution in [0.3, 0.4) is 0 Å². The molecule has 0 aromatic heterocycles. The van der Waals surface area contributed by atoms with Gasteiger partial charge in [0.2, 0.25) is 0 Å². The summed E-state index contributed by atoms with van der Waals surface area (Å²) >= 11 is 3.97. The second-order valence-corrected chi connectivity index (χ2v) is 8.57. The van der Waals surface area contributed by atoms with Crippen LogP contribution in [0.5, 0.6) is 0 Å². The van der Waals surface area contributed by atoms with Crippen LogP contribution in [0.2, 0.25) is 0 Å². The highest BCUT2D eigenvalue weighted by Crippen LogP contribution is 2.56. The maximum absolute atomic E-state index is 6.72. The summed E-state index contributed by atoms with van der Waals surface area (Å²) in [7, 11) is 0. The average Bonchev–Trinajstić information content (AvgIpc) is 2.75. The van der Waals surface area contributed by atoms with Crippen molar-refractivity contribution in [3.63, 3.8) is 0 Å². The van der Waals surface area contributed by atoms with Gasteiger partial charge in [-0.25, -0.2) is 0 Å². The first kappa shape index (κ1) is 15.3. The predicted octanol–water partition coefficient (Wildman–Crippen LogP) is 5.85. The van der Waals surface area contributed by atoms with Crippen molar-refractivity contribution in [3.8, 4) is 0 Å². The normalized spacial score (nSPS) is 41.1. The van der Waals surface area contributed by atoms with E-state index in [0.717, 1.165) is 10.7 Å². The molecule has 3 aliphatic rings. The van der Waals surface area contributed by atoms with Gasteiger partial charge in [0.25, 0.3) is 0 Å². The number of hydrogen-bond acceptors (Lipinski definition) is 1. The van der Waals surface area contributed by atoms with E-state index in [9.17, 15) is 0 Å². The van der Waals surface area contributed by atoms with Gasteiger partial charge in [-0.3, -0.25) is 0 Å². The molecule has 0 aromatic carbocycles. The van der Waals surface area contributed by atoms with Crippen LogP contribution in [0.1, 0.15) is 84.0 Å². The Balaban J connectivity index is 1.64. The Hall–Kier alpha value is 0.440. The molecule has 0 radical (unpaired) electrons. The highest BCUT2D eigenvalue weighted by Gasteiger charge is 2.54. The van der Waals surface area contributed by atoms with E-state index in [4.69, 9.17) is 4.74 Å². The third-order valence-corrected chi connectivity index (χ3v) is 7.71. The maximum atomic E-state index is 6.72. The van der Waals surface area contributed by atoms with Crippen LogP contribution in [-0.2, 0) is 4.74 Å². The molecule has 1 spiro atoms. The van der Waals surface area contributed by atoms with Crippen molar-refractivity contribution in [1.29, 1.82) is 0 Å². The first-order valence-electron chi connectivity index (χ1n) is 9.06. The van der Waals surface area contributed by atoms with Crippen LogP contribution in [0.15, 0.2) is 0 Å². The average molecular weight is 343 g/mol. The molecule has 0 heterocycles. The SMILES string of the molecule is CCC1CCCCC1OC1CC(Br)C12CCCCCC2. The van der Waals surface area contributed by atoms with Gasteiger partial charge in [-0.15, -0.1) is 0 Å². The van der Waals surface area contributed by atoms with E-state index in [1.807, 2.05) is 0 Å². The van der Waals surface area contributed by atoms with Crippen molar-refractivity contribution in [2.45, 2.75) is 101 Å². The minimum atomic E-state index is 0.492. The van der Waals surface area contributed by atoms with Crippen LogP contribution in [0.4, 0.5) is 0 Å². The molecule has 1 nitrogen and oxygen atoms in total. The Morgan fingerprint density at radius 2 is 1.70 bits per heavy atom. The predicted molar refractivity (Wildman–Crippen MR) is 88.4 cm³/mol. The van der Waals surface area contributed by atoms with E-state index >= 15 is 0 Å². The van der Waals surface area contributed by atoms with Crippen molar-refractivity contribution in [2.75, 3.05) is 0 Å². The molecular formula is C18H31BrO. The number of hydrogen-bond donors (Lipinski definition) is 0. The monoisotopic (exact) mass is 342 g/mol. The highest BCUT2D eigenvalue weighted by atomic mass is 79.9. The molecule has 4 atom stereocenters. The third kappa shape index (κ3) is 2.84. The molecule has 20 heavy (non-hydrogen) atoms. The lowest BCUT2D eigenvalue weighted by Gasteiger charge is -2.55. The van der Waals surface area contributed by atoms with E-state index in [2.05, 4.69) is 22.9 Å². The molecule has 3 rings (SSSR count). The standard InChI is InChI=1S/C18H31BrO/c1-2-14-9-5-6-10-15(14)20-17-13-16(19)18(17)11-7-3-4-8-12-18/h14-17H,2-13H2,1H3. The Labute approximate surface area is 133 Å². The number of alkyl halides is 1. The second kappa shape index (κ2) is 6.69. The van der Waals surface area contributed by atoms with Crippen molar-refractivity contribution in [3.05, 3.63) is 0 Å². The molecule has 116 valence electrons. The lowest BCUT2D eigenvalue weighted by Crippen LogP contribution is -2.57. The molecule has 0 N–H and O–H groups in total. The lowest BCUT2D eigenvalue weighted by atomic mass is 9.61. The summed E-state index contributed by atoms with van der Waals surface area (Å²) in [6.07, 6.45) is 17.7. The van der Waals surface area contributed by atoms with Crippen LogP contribution >= 0.6 is 15.9 Å². The second-order valence-electron chi connectivity index (χ2n) is 7.47. The zero-order chi connectivity index (χ0) is 14.0. The van der Waals surface area contributed by atoms with Crippen molar-refractivity contribution < 1.29 is 4.74 Å². The molecule has 2 heteroatoms. The third-order valence-electron chi connectivity index (χ3n) is 6.42. The van der Waals surface area contributed by atoms with E-state index in [-0.39, 0.29) is 0 Å². The molecule has 0 aromatic rings. The van der Waals surface area contributed by atoms with Gasteiger partial charge < -0.3 is 4.74 Å². The minimum Gasteiger partial charge on any atom is -0.374 e. The van der Waals surface area contributed by atoms with Gasteiger partial charge in [0, 0.05) is 10.2 Å². The maximum Gasteiger partial charge on any atom is 0.0656 e. The summed E-state index contributed by atoms with van der Waals surface area (Å²) in [5, 5.41) is 0. The topological polar surface area (TPSA) is 9.23 Å². The van der Waals surface area contributed by atoms with Gasteiger partial charge >= 0.3 is 0 Å². The summed E-state index contributed by atoms with van der Waals surface area (Å²) in [4.78, 5) is 0.724. The van der Waals surface area contributed by atoms with Crippen LogP contribution in [-0.4, -0.2) is 17.0 Å². The van der Waals surface area contributed by atoms with Crippen LogP contribution in [0, 0.1) is 11.3 Å². The molecule has 0 saturated heterocycles.